The smallest absolute Gasteiger partial charge is 0.231 e. The normalized spacial score (nSPS) is 22.1. The Hall–Kier alpha value is -1.26. The van der Waals surface area contributed by atoms with Crippen LogP contribution in [0.4, 0.5) is 0 Å². The van der Waals surface area contributed by atoms with Gasteiger partial charge >= 0.3 is 0 Å². The van der Waals surface area contributed by atoms with Crippen LogP contribution in [-0.4, -0.2) is 24.5 Å². The zero-order valence-corrected chi connectivity index (χ0v) is 9.74. The summed E-state index contributed by atoms with van der Waals surface area (Å²) in [4.78, 5) is 0. The van der Waals surface area contributed by atoms with Crippen molar-refractivity contribution >= 4 is 0 Å². The number of fused-ring (bicyclic) bond motifs is 1. The number of rotatable bonds is 3. The van der Waals surface area contributed by atoms with Crippen molar-refractivity contribution < 1.29 is 14.6 Å². The summed E-state index contributed by atoms with van der Waals surface area (Å²) in [5.41, 5.74) is 2.05. The molecule has 2 aliphatic heterocycles. The molecule has 3 rings (SSSR count). The summed E-state index contributed by atoms with van der Waals surface area (Å²) in [6, 6.07) is 4.30. The van der Waals surface area contributed by atoms with E-state index in [2.05, 4.69) is 5.32 Å². The Morgan fingerprint density at radius 3 is 3.06 bits per heavy atom. The third kappa shape index (κ3) is 1.98. The minimum atomic E-state index is 0.0543. The summed E-state index contributed by atoms with van der Waals surface area (Å²) in [5, 5.41) is 12.9. The molecule has 0 bridgehead atoms. The summed E-state index contributed by atoms with van der Waals surface area (Å²) in [6.45, 7) is 1.43. The lowest BCUT2D eigenvalue weighted by atomic mass is 9.98. The monoisotopic (exact) mass is 235 g/mol. The van der Waals surface area contributed by atoms with E-state index in [1.807, 2.05) is 12.1 Å². The maximum atomic E-state index is 9.41. The van der Waals surface area contributed by atoms with Crippen LogP contribution in [-0.2, 0) is 13.0 Å². The SMILES string of the molecule is OCc1ccc2c(c1CC1CCCN1)OCO2. The van der Waals surface area contributed by atoms with E-state index in [-0.39, 0.29) is 13.4 Å². The molecule has 0 radical (unpaired) electrons. The zero-order valence-electron chi connectivity index (χ0n) is 9.74. The summed E-state index contributed by atoms with van der Waals surface area (Å²) < 4.78 is 10.9. The van der Waals surface area contributed by atoms with E-state index in [4.69, 9.17) is 9.47 Å². The van der Waals surface area contributed by atoms with Gasteiger partial charge < -0.3 is 19.9 Å². The number of aliphatic hydroxyl groups excluding tert-OH is 1. The quantitative estimate of drug-likeness (QED) is 0.826. The third-order valence-corrected chi connectivity index (χ3v) is 3.52. The first-order valence-corrected chi connectivity index (χ1v) is 6.13. The highest BCUT2D eigenvalue weighted by molar-refractivity contribution is 5.52. The molecule has 1 aromatic carbocycles. The second kappa shape index (κ2) is 4.55. The first-order valence-electron chi connectivity index (χ1n) is 6.13. The van der Waals surface area contributed by atoms with Gasteiger partial charge in [0, 0.05) is 11.6 Å². The van der Waals surface area contributed by atoms with Crippen LogP contribution in [0.3, 0.4) is 0 Å². The minimum absolute atomic E-state index is 0.0543. The van der Waals surface area contributed by atoms with Gasteiger partial charge in [0.25, 0.3) is 0 Å². The van der Waals surface area contributed by atoms with Crippen LogP contribution in [0.5, 0.6) is 11.5 Å². The molecule has 2 heterocycles. The van der Waals surface area contributed by atoms with E-state index < -0.39 is 0 Å². The predicted octanol–water partition coefficient (Wildman–Crippen LogP) is 1.20. The van der Waals surface area contributed by atoms with Gasteiger partial charge in [0.15, 0.2) is 11.5 Å². The Labute approximate surface area is 101 Å². The Morgan fingerprint density at radius 2 is 2.29 bits per heavy atom. The van der Waals surface area contributed by atoms with Crippen LogP contribution in [0.2, 0.25) is 0 Å². The maximum Gasteiger partial charge on any atom is 0.231 e. The van der Waals surface area contributed by atoms with Gasteiger partial charge in [-0.25, -0.2) is 0 Å². The van der Waals surface area contributed by atoms with E-state index in [1.165, 1.54) is 12.8 Å². The second-order valence-corrected chi connectivity index (χ2v) is 4.59. The lowest BCUT2D eigenvalue weighted by Crippen LogP contribution is -2.24. The topological polar surface area (TPSA) is 50.7 Å². The molecule has 0 aromatic heterocycles. The molecule has 1 unspecified atom stereocenters. The molecule has 17 heavy (non-hydrogen) atoms. The molecule has 92 valence electrons. The van der Waals surface area contributed by atoms with E-state index in [9.17, 15) is 5.11 Å². The lowest BCUT2D eigenvalue weighted by molar-refractivity contribution is 0.173. The molecule has 0 amide bonds. The Balaban J connectivity index is 1.92. The summed E-state index contributed by atoms with van der Waals surface area (Å²) in [6.07, 6.45) is 3.32. The third-order valence-electron chi connectivity index (χ3n) is 3.52. The molecule has 1 aromatic rings. The number of ether oxygens (including phenoxy) is 2. The van der Waals surface area contributed by atoms with Gasteiger partial charge in [-0.05, 0) is 37.4 Å². The molecule has 2 aliphatic rings. The van der Waals surface area contributed by atoms with Crippen LogP contribution in [0.1, 0.15) is 24.0 Å². The van der Waals surface area contributed by atoms with Crippen molar-refractivity contribution in [3.8, 4) is 11.5 Å². The van der Waals surface area contributed by atoms with Crippen molar-refractivity contribution in [2.45, 2.75) is 31.9 Å². The van der Waals surface area contributed by atoms with Gasteiger partial charge in [-0.2, -0.15) is 0 Å². The van der Waals surface area contributed by atoms with Crippen molar-refractivity contribution in [1.29, 1.82) is 0 Å². The number of hydrogen-bond acceptors (Lipinski definition) is 4. The van der Waals surface area contributed by atoms with E-state index in [0.29, 0.717) is 6.04 Å². The van der Waals surface area contributed by atoms with Crippen molar-refractivity contribution in [2.24, 2.45) is 0 Å². The van der Waals surface area contributed by atoms with Crippen molar-refractivity contribution in [2.75, 3.05) is 13.3 Å². The van der Waals surface area contributed by atoms with Crippen LogP contribution < -0.4 is 14.8 Å². The zero-order chi connectivity index (χ0) is 11.7. The van der Waals surface area contributed by atoms with Gasteiger partial charge in [-0.1, -0.05) is 6.07 Å². The average molecular weight is 235 g/mol. The number of nitrogens with one attached hydrogen (secondary N) is 1. The molecule has 0 saturated carbocycles. The first kappa shape index (κ1) is 10.9. The van der Waals surface area contributed by atoms with Gasteiger partial charge in [-0.3, -0.25) is 0 Å². The Kier molecular flexibility index (Phi) is 2.91. The van der Waals surface area contributed by atoms with Crippen LogP contribution in [0.25, 0.3) is 0 Å². The highest BCUT2D eigenvalue weighted by Crippen LogP contribution is 2.38. The van der Waals surface area contributed by atoms with Gasteiger partial charge in [0.1, 0.15) is 0 Å². The van der Waals surface area contributed by atoms with E-state index in [1.54, 1.807) is 0 Å². The van der Waals surface area contributed by atoms with Crippen molar-refractivity contribution in [3.05, 3.63) is 23.3 Å². The summed E-state index contributed by atoms with van der Waals surface area (Å²) in [7, 11) is 0. The fourth-order valence-electron chi connectivity index (χ4n) is 2.62. The number of aliphatic hydroxyl groups is 1. The fraction of sp³-hybridized carbons (Fsp3) is 0.538. The number of benzene rings is 1. The van der Waals surface area contributed by atoms with Crippen molar-refractivity contribution in [3.63, 3.8) is 0 Å². The molecule has 0 aliphatic carbocycles. The van der Waals surface area contributed by atoms with Crippen LogP contribution in [0.15, 0.2) is 12.1 Å². The molecule has 2 N–H and O–H groups in total. The first-order chi connectivity index (χ1) is 8.38. The molecule has 1 saturated heterocycles. The van der Waals surface area contributed by atoms with E-state index >= 15 is 0 Å². The summed E-state index contributed by atoms with van der Waals surface area (Å²) >= 11 is 0. The molecular formula is C13H17NO3. The molecule has 4 nitrogen and oxygen atoms in total. The molecule has 1 atom stereocenters. The fourth-order valence-corrected chi connectivity index (χ4v) is 2.62. The predicted molar refractivity (Wildman–Crippen MR) is 63.2 cm³/mol. The standard InChI is InChI=1S/C13H17NO3/c15-7-9-3-4-12-13(17-8-16-12)11(9)6-10-2-1-5-14-10/h3-4,10,14-15H,1-2,5-8H2. The Morgan fingerprint density at radius 1 is 1.35 bits per heavy atom. The number of hydrogen-bond donors (Lipinski definition) is 2. The van der Waals surface area contributed by atoms with E-state index in [0.717, 1.165) is 35.6 Å². The van der Waals surface area contributed by atoms with Gasteiger partial charge in [0.05, 0.1) is 6.61 Å². The molecule has 4 heteroatoms. The Bertz CT molecular complexity index is 413. The minimum Gasteiger partial charge on any atom is -0.454 e. The van der Waals surface area contributed by atoms with Gasteiger partial charge in [0.2, 0.25) is 6.79 Å². The molecular weight excluding hydrogens is 218 g/mol. The average Bonchev–Trinajstić information content (AvgIpc) is 2.99. The highest BCUT2D eigenvalue weighted by atomic mass is 16.7. The van der Waals surface area contributed by atoms with Crippen LogP contribution >= 0.6 is 0 Å². The molecule has 0 spiro atoms. The van der Waals surface area contributed by atoms with Crippen molar-refractivity contribution in [1.82, 2.24) is 5.32 Å². The molecule has 1 fully saturated rings. The van der Waals surface area contributed by atoms with Crippen LogP contribution in [0, 0.1) is 0 Å². The summed E-state index contributed by atoms with van der Waals surface area (Å²) in [5.74, 6) is 1.63. The maximum absolute atomic E-state index is 9.41. The highest BCUT2D eigenvalue weighted by Gasteiger charge is 2.24. The van der Waals surface area contributed by atoms with Gasteiger partial charge in [-0.15, -0.1) is 0 Å². The largest absolute Gasteiger partial charge is 0.454 e. The lowest BCUT2D eigenvalue weighted by Gasteiger charge is -2.15. The second-order valence-electron chi connectivity index (χ2n) is 4.59.